The van der Waals surface area contributed by atoms with Gasteiger partial charge in [-0.25, -0.2) is 0 Å². The Balaban J connectivity index is 2.97. The van der Waals surface area contributed by atoms with Gasteiger partial charge >= 0.3 is 0 Å². The molecule has 6 nitrogen and oxygen atoms in total. The molecule has 0 heterocycles. The van der Waals surface area contributed by atoms with Gasteiger partial charge in [-0.2, -0.15) is 0 Å². The fourth-order valence-corrected chi connectivity index (χ4v) is 1.32. The zero-order valence-electron chi connectivity index (χ0n) is 9.17. The number of hydrogen-bond acceptors (Lipinski definition) is 4. The average molecular weight is 223 g/mol. The Labute approximate surface area is 93.0 Å². The SMILES string of the molecule is COc1cc(CCN=[N+]=[N-])cc(OC)c1O. The summed E-state index contributed by atoms with van der Waals surface area (Å²) >= 11 is 0. The van der Waals surface area contributed by atoms with Crippen molar-refractivity contribution in [2.45, 2.75) is 6.42 Å². The van der Waals surface area contributed by atoms with E-state index in [1.54, 1.807) is 12.1 Å². The van der Waals surface area contributed by atoms with Crippen LogP contribution in [-0.2, 0) is 6.42 Å². The van der Waals surface area contributed by atoms with Gasteiger partial charge in [0.25, 0.3) is 0 Å². The van der Waals surface area contributed by atoms with E-state index >= 15 is 0 Å². The van der Waals surface area contributed by atoms with E-state index in [0.29, 0.717) is 24.5 Å². The molecule has 0 aromatic heterocycles. The van der Waals surface area contributed by atoms with Crippen LogP contribution < -0.4 is 9.47 Å². The summed E-state index contributed by atoms with van der Waals surface area (Å²) in [5.74, 6) is 0.656. The standard InChI is InChI=1S/C10H13N3O3/c1-15-8-5-7(3-4-12-13-11)6-9(16-2)10(8)14/h5-6,14H,3-4H2,1-2H3. The molecule has 0 saturated heterocycles. The van der Waals surface area contributed by atoms with Crippen LogP contribution in [0.4, 0.5) is 0 Å². The summed E-state index contributed by atoms with van der Waals surface area (Å²) in [6, 6.07) is 3.37. The van der Waals surface area contributed by atoms with Crippen molar-refractivity contribution in [1.29, 1.82) is 0 Å². The number of hydrogen-bond donors (Lipinski definition) is 1. The summed E-state index contributed by atoms with van der Waals surface area (Å²) in [6.45, 7) is 0.355. The number of methoxy groups -OCH3 is 2. The lowest BCUT2D eigenvalue weighted by molar-refractivity contribution is 0.339. The van der Waals surface area contributed by atoms with Crippen molar-refractivity contribution >= 4 is 0 Å². The Hall–Kier alpha value is -2.07. The predicted octanol–water partition coefficient (Wildman–Crippen LogP) is 2.26. The topological polar surface area (TPSA) is 87.5 Å². The zero-order chi connectivity index (χ0) is 12.0. The van der Waals surface area contributed by atoms with Crippen molar-refractivity contribution in [1.82, 2.24) is 0 Å². The lowest BCUT2D eigenvalue weighted by atomic mass is 10.1. The molecule has 0 aliphatic carbocycles. The monoisotopic (exact) mass is 223 g/mol. The van der Waals surface area contributed by atoms with E-state index < -0.39 is 0 Å². The van der Waals surface area contributed by atoms with Crippen LogP contribution in [0, 0.1) is 0 Å². The number of benzene rings is 1. The molecular formula is C10H13N3O3. The van der Waals surface area contributed by atoms with Crippen LogP contribution >= 0.6 is 0 Å². The van der Waals surface area contributed by atoms with Gasteiger partial charge in [0.05, 0.1) is 14.2 Å². The quantitative estimate of drug-likeness (QED) is 0.471. The maximum atomic E-state index is 9.65. The Morgan fingerprint density at radius 1 is 1.31 bits per heavy atom. The molecular weight excluding hydrogens is 210 g/mol. The van der Waals surface area contributed by atoms with Crippen molar-refractivity contribution in [3.8, 4) is 17.2 Å². The van der Waals surface area contributed by atoms with Gasteiger partial charge in [0, 0.05) is 11.5 Å². The van der Waals surface area contributed by atoms with E-state index in [2.05, 4.69) is 10.0 Å². The first-order valence-electron chi connectivity index (χ1n) is 4.67. The van der Waals surface area contributed by atoms with Gasteiger partial charge in [-0.1, -0.05) is 5.11 Å². The van der Waals surface area contributed by atoms with Crippen molar-refractivity contribution in [2.24, 2.45) is 5.11 Å². The fraction of sp³-hybridized carbons (Fsp3) is 0.400. The second-order valence-corrected chi connectivity index (χ2v) is 3.05. The molecule has 86 valence electrons. The van der Waals surface area contributed by atoms with Crippen LogP contribution in [-0.4, -0.2) is 25.9 Å². The highest BCUT2D eigenvalue weighted by Gasteiger charge is 2.10. The summed E-state index contributed by atoms with van der Waals surface area (Å²) in [6.07, 6.45) is 0.567. The highest BCUT2D eigenvalue weighted by Crippen LogP contribution is 2.37. The normalized spacial score (nSPS) is 9.38. The number of azide groups is 1. The van der Waals surface area contributed by atoms with Gasteiger partial charge in [0.1, 0.15) is 0 Å². The molecule has 1 aromatic rings. The number of nitrogens with zero attached hydrogens (tertiary/aromatic N) is 3. The predicted molar refractivity (Wildman–Crippen MR) is 58.9 cm³/mol. The van der Waals surface area contributed by atoms with E-state index in [-0.39, 0.29) is 5.75 Å². The average Bonchev–Trinajstić information content (AvgIpc) is 2.31. The Morgan fingerprint density at radius 2 is 1.88 bits per heavy atom. The van der Waals surface area contributed by atoms with E-state index in [0.717, 1.165) is 5.56 Å². The van der Waals surface area contributed by atoms with Gasteiger partial charge in [-0.15, -0.1) is 0 Å². The highest BCUT2D eigenvalue weighted by atomic mass is 16.5. The number of phenols is 1. The van der Waals surface area contributed by atoms with Crippen molar-refractivity contribution in [3.63, 3.8) is 0 Å². The number of aromatic hydroxyl groups is 1. The molecule has 0 saturated carbocycles. The second kappa shape index (κ2) is 5.72. The summed E-state index contributed by atoms with van der Waals surface area (Å²) in [5.41, 5.74) is 9.03. The number of phenolic OH excluding ortho intramolecular Hbond substituents is 1. The molecule has 0 amide bonds. The highest BCUT2D eigenvalue weighted by molar-refractivity contribution is 5.52. The first-order chi connectivity index (χ1) is 7.72. The lowest BCUT2D eigenvalue weighted by Crippen LogP contribution is -1.94. The molecule has 0 atom stereocenters. The minimum Gasteiger partial charge on any atom is -0.502 e. The first kappa shape index (κ1) is 12.0. The molecule has 0 aliphatic heterocycles. The summed E-state index contributed by atoms with van der Waals surface area (Å²) in [4.78, 5) is 2.67. The Morgan fingerprint density at radius 3 is 2.31 bits per heavy atom. The van der Waals surface area contributed by atoms with Gasteiger partial charge in [-0.3, -0.25) is 0 Å². The first-order valence-corrected chi connectivity index (χ1v) is 4.67. The molecule has 0 aliphatic rings. The second-order valence-electron chi connectivity index (χ2n) is 3.05. The molecule has 16 heavy (non-hydrogen) atoms. The summed E-state index contributed by atoms with van der Waals surface area (Å²) in [5, 5.41) is 13.1. The van der Waals surface area contributed by atoms with Gasteiger partial charge in [-0.05, 0) is 29.6 Å². The molecule has 6 heteroatoms. The van der Waals surface area contributed by atoms with Crippen LogP contribution in [0.5, 0.6) is 17.2 Å². The number of rotatable bonds is 5. The number of ether oxygens (including phenoxy) is 2. The van der Waals surface area contributed by atoms with Gasteiger partial charge in [0.2, 0.25) is 5.75 Å². The van der Waals surface area contributed by atoms with E-state index in [4.69, 9.17) is 15.0 Å². The third-order valence-electron chi connectivity index (χ3n) is 2.10. The van der Waals surface area contributed by atoms with Gasteiger partial charge < -0.3 is 14.6 Å². The molecule has 1 rings (SSSR count). The molecule has 0 bridgehead atoms. The van der Waals surface area contributed by atoms with E-state index in [9.17, 15) is 5.11 Å². The van der Waals surface area contributed by atoms with Crippen LogP contribution in [0.1, 0.15) is 5.56 Å². The van der Waals surface area contributed by atoms with Crippen molar-refractivity contribution in [2.75, 3.05) is 20.8 Å². The smallest absolute Gasteiger partial charge is 0.200 e. The lowest BCUT2D eigenvalue weighted by Gasteiger charge is -2.10. The van der Waals surface area contributed by atoms with Crippen LogP contribution in [0.2, 0.25) is 0 Å². The Kier molecular flexibility index (Phi) is 4.29. The molecule has 1 N–H and O–H groups in total. The minimum absolute atomic E-state index is 0.0301. The Bertz CT molecular complexity index is 389. The maximum absolute atomic E-state index is 9.65. The third-order valence-corrected chi connectivity index (χ3v) is 2.10. The minimum atomic E-state index is -0.0301. The largest absolute Gasteiger partial charge is 0.502 e. The van der Waals surface area contributed by atoms with Crippen molar-refractivity contribution < 1.29 is 14.6 Å². The molecule has 0 spiro atoms. The van der Waals surface area contributed by atoms with Crippen molar-refractivity contribution in [3.05, 3.63) is 28.1 Å². The fourth-order valence-electron chi connectivity index (χ4n) is 1.32. The third kappa shape index (κ3) is 2.71. The van der Waals surface area contributed by atoms with E-state index in [1.807, 2.05) is 0 Å². The molecule has 1 aromatic carbocycles. The molecule has 0 radical (unpaired) electrons. The molecule has 0 unspecified atom stereocenters. The zero-order valence-corrected chi connectivity index (χ0v) is 9.17. The molecule has 0 fully saturated rings. The van der Waals surface area contributed by atoms with Gasteiger partial charge in [0.15, 0.2) is 11.5 Å². The maximum Gasteiger partial charge on any atom is 0.200 e. The van der Waals surface area contributed by atoms with Crippen LogP contribution in [0.25, 0.3) is 10.4 Å². The summed E-state index contributed by atoms with van der Waals surface area (Å²) in [7, 11) is 2.93. The van der Waals surface area contributed by atoms with Crippen LogP contribution in [0.3, 0.4) is 0 Å². The van der Waals surface area contributed by atoms with Crippen LogP contribution in [0.15, 0.2) is 17.2 Å². The van der Waals surface area contributed by atoms with E-state index in [1.165, 1.54) is 14.2 Å². The summed E-state index contributed by atoms with van der Waals surface area (Å²) < 4.78 is 10.0.